The van der Waals surface area contributed by atoms with Crippen LogP contribution < -0.4 is 4.72 Å². The normalized spacial score (nSPS) is 19.4. The number of nitrogens with one attached hydrogen (secondary N) is 1. The molecule has 1 aliphatic heterocycles. The van der Waals surface area contributed by atoms with E-state index in [0.29, 0.717) is 17.9 Å². The molecule has 1 aliphatic rings. The van der Waals surface area contributed by atoms with Crippen LogP contribution in [0.1, 0.15) is 19.8 Å². The molecule has 0 saturated carbocycles. The third-order valence-corrected chi connectivity index (χ3v) is 6.65. The van der Waals surface area contributed by atoms with Gasteiger partial charge in [0.15, 0.2) is 0 Å². The number of carbonyl (C=O) groups excluding carboxylic acids is 1. The van der Waals surface area contributed by atoms with Gasteiger partial charge in [0.2, 0.25) is 10.0 Å². The van der Waals surface area contributed by atoms with Gasteiger partial charge in [-0.15, -0.1) is 0 Å². The lowest BCUT2D eigenvalue weighted by Gasteiger charge is -2.41. The first-order valence-corrected chi connectivity index (χ1v) is 10.3. The number of rotatable bonds is 6. The minimum absolute atomic E-state index is 0.000778. The molecule has 2 rings (SSSR count). The maximum absolute atomic E-state index is 12.7. The molecule has 1 atom stereocenters. The van der Waals surface area contributed by atoms with E-state index in [-0.39, 0.29) is 11.5 Å². The number of halogens is 1. The number of hydrogen-bond acceptors (Lipinski definition) is 6. The topological polar surface area (TPSA) is 75.7 Å². The molecule has 25 heavy (non-hydrogen) atoms. The molecule has 0 radical (unpaired) electrons. The lowest BCUT2D eigenvalue weighted by molar-refractivity contribution is -0.146. The van der Waals surface area contributed by atoms with Crippen molar-refractivity contribution in [3.8, 4) is 0 Å². The van der Waals surface area contributed by atoms with E-state index in [1.165, 1.54) is 12.1 Å². The third-order valence-electron chi connectivity index (χ3n) is 4.29. The summed E-state index contributed by atoms with van der Waals surface area (Å²) in [4.78, 5) is 14.6. The van der Waals surface area contributed by atoms with Crippen LogP contribution in [-0.2, 0) is 19.6 Å². The Labute approximate surface area is 159 Å². The minimum atomic E-state index is -3.94. The van der Waals surface area contributed by atoms with Crippen LogP contribution in [0, 0.1) is 0 Å². The lowest BCUT2D eigenvalue weighted by atomic mass is 9.89. The Morgan fingerprint density at radius 2 is 2.08 bits per heavy atom. The van der Waals surface area contributed by atoms with Crippen LogP contribution in [0.3, 0.4) is 0 Å². The van der Waals surface area contributed by atoms with Crippen molar-refractivity contribution < 1.29 is 17.9 Å². The number of piperidine rings is 1. The zero-order valence-electron chi connectivity index (χ0n) is 14.2. The van der Waals surface area contributed by atoms with Crippen molar-refractivity contribution in [1.29, 1.82) is 0 Å². The van der Waals surface area contributed by atoms with Gasteiger partial charge in [0, 0.05) is 9.77 Å². The Morgan fingerprint density at radius 1 is 1.44 bits per heavy atom. The van der Waals surface area contributed by atoms with Crippen molar-refractivity contribution in [2.24, 2.45) is 0 Å². The van der Waals surface area contributed by atoms with Crippen LogP contribution in [0.15, 0.2) is 29.2 Å². The van der Waals surface area contributed by atoms with E-state index >= 15 is 0 Å². The molecule has 1 saturated heterocycles. The fourth-order valence-electron chi connectivity index (χ4n) is 2.75. The highest BCUT2D eigenvalue weighted by molar-refractivity contribution is 7.89. The van der Waals surface area contributed by atoms with Gasteiger partial charge in [0.25, 0.3) is 0 Å². The summed E-state index contributed by atoms with van der Waals surface area (Å²) in [5.74, 6) is -0.618. The molecule has 1 heterocycles. The Bertz CT molecular complexity index is 719. The summed E-state index contributed by atoms with van der Waals surface area (Å²) in [7, 11) is -1.97. The van der Waals surface area contributed by atoms with Crippen LogP contribution in [-0.4, -0.2) is 56.8 Å². The van der Waals surface area contributed by atoms with E-state index in [1.54, 1.807) is 19.1 Å². The van der Waals surface area contributed by atoms with Crippen molar-refractivity contribution >= 4 is 40.2 Å². The zero-order chi connectivity index (χ0) is 18.7. The molecule has 0 amide bonds. The standard InChI is InChI=1S/C16H23ClN2O4S2/c1-3-23-15(20)14(16(24)7-9-19(2)10-8-16)18-25(21,22)13-6-4-5-12(17)11-13/h4-6,11,14,18,24H,3,7-10H2,1-2H3/t14-/m1/s1. The van der Waals surface area contributed by atoms with Crippen molar-refractivity contribution in [3.63, 3.8) is 0 Å². The van der Waals surface area contributed by atoms with Crippen LogP contribution in [0.4, 0.5) is 0 Å². The summed E-state index contributed by atoms with van der Waals surface area (Å²) >= 11 is 10.6. The second-order valence-corrected chi connectivity index (χ2v) is 9.21. The fraction of sp³-hybridized carbons (Fsp3) is 0.562. The maximum Gasteiger partial charge on any atom is 0.325 e. The number of benzene rings is 1. The van der Waals surface area contributed by atoms with Gasteiger partial charge in [-0.2, -0.15) is 17.4 Å². The summed E-state index contributed by atoms with van der Waals surface area (Å²) < 4.78 is 32.2. The Kier molecular flexibility index (Phi) is 6.78. The van der Waals surface area contributed by atoms with E-state index in [4.69, 9.17) is 16.3 Å². The van der Waals surface area contributed by atoms with Crippen LogP contribution in [0.2, 0.25) is 5.02 Å². The summed E-state index contributed by atoms with van der Waals surface area (Å²) in [5.41, 5.74) is 0. The summed E-state index contributed by atoms with van der Waals surface area (Å²) in [6.45, 7) is 3.29. The van der Waals surface area contributed by atoms with Gasteiger partial charge in [-0.25, -0.2) is 8.42 Å². The molecule has 1 fully saturated rings. The van der Waals surface area contributed by atoms with Crippen molar-refractivity contribution in [3.05, 3.63) is 29.3 Å². The summed E-state index contributed by atoms with van der Waals surface area (Å²) in [6, 6.07) is 4.82. The number of thiol groups is 1. The number of likely N-dealkylation sites (tertiary alicyclic amines) is 1. The number of ether oxygens (including phenoxy) is 1. The zero-order valence-corrected chi connectivity index (χ0v) is 16.7. The Hall–Kier alpha value is -0.800. The number of nitrogens with zero attached hydrogens (tertiary/aromatic N) is 1. The van der Waals surface area contributed by atoms with Gasteiger partial charge in [0.1, 0.15) is 6.04 Å². The molecule has 1 N–H and O–H groups in total. The molecule has 0 unspecified atom stereocenters. The van der Waals surface area contributed by atoms with E-state index in [1.807, 2.05) is 7.05 Å². The quantitative estimate of drug-likeness (QED) is 0.557. The number of hydrogen-bond donors (Lipinski definition) is 2. The largest absolute Gasteiger partial charge is 0.465 e. The molecule has 0 aliphatic carbocycles. The van der Waals surface area contributed by atoms with Crippen LogP contribution in [0.25, 0.3) is 0 Å². The number of carbonyl (C=O) groups is 1. The molecule has 1 aromatic carbocycles. The van der Waals surface area contributed by atoms with Gasteiger partial charge < -0.3 is 9.64 Å². The molecular formula is C16H23ClN2O4S2. The first kappa shape index (κ1) is 20.5. The van der Waals surface area contributed by atoms with E-state index in [0.717, 1.165) is 13.1 Å². The third kappa shape index (κ3) is 5.10. The van der Waals surface area contributed by atoms with Gasteiger partial charge >= 0.3 is 5.97 Å². The summed E-state index contributed by atoms with van der Waals surface area (Å²) in [5, 5.41) is 0.301. The van der Waals surface area contributed by atoms with Crippen LogP contribution >= 0.6 is 24.2 Å². The molecule has 0 aromatic heterocycles. The van der Waals surface area contributed by atoms with Gasteiger partial charge in [-0.3, -0.25) is 4.79 Å². The highest BCUT2D eigenvalue weighted by Crippen LogP contribution is 2.33. The Morgan fingerprint density at radius 3 is 2.64 bits per heavy atom. The maximum atomic E-state index is 12.7. The number of esters is 1. The first-order valence-electron chi connectivity index (χ1n) is 8.03. The van der Waals surface area contributed by atoms with Crippen molar-refractivity contribution in [2.75, 3.05) is 26.7 Å². The second kappa shape index (κ2) is 8.26. The molecule has 9 heteroatoms. The average Bonchev–Trinajstić information content (AvgIpc) is 2.56. The fourth-order valence-corrected chi connectivity index (χ4v) is 4.77. The van der Waals surface area contributed by atoms with Gasteiger partial charge in [-0.1, -0.05) is 17.7 Å². The van der Waals surface area contributed by atoms with Crippen LogP contribution in [0.5, 0.6) is 0 Å². The average molecular weight is 407 g/mol. The minimum Gasteiger partial charge on any atom is -0.465 e. The SMILES string of the molecule is CCOC(=O)[C@@H](NS(=O)(=O)c1cccc(Cl)c1)C1(S)CCN(C)CC1. The molecule has 6 nitrogen and oxygen atoms in total. The van der Waals surface area contributed by atoms with E-state index in [9.17, 15) is 13.2 Å². The van der Waals surface area contributed by atoms with Gasteiger partial charge in [-0.05, 0) is 58.1 Å². The second-order valence-electron chi connectivity index (χ2n) is 6.17. The lowest BCUT2D eigenvalue weighted by Crippen LogP contribution is -2.58. The molecular weight excluding hydrogens is 384 g/mol. The predicted molar refractivity (Wildman–Crippen MR) is 101 cm³/mol. The molecule has 1 aromatic rings. The van der Waals surface area contributed by atoms with Crippen molar-refractivity contribution in [1.82, 2.24) is 9.62 Å². The molecule has 0 spiro atoms. The highest BCUT2D eigenvalue weighted by atomic mass is 35.5. The molecule has 0 bridgehead atoms. The predicted octanol–water partition coefficient (Wildman–Crippen LogP) is 1.94. The molecule has 140 valence electrons. The Balaban J connectivity index is 2.31. The summed E-state index contributed by atoms with van der Waals surface area (Å²) in [6.07, 6.45) is 1.13. The smallest absolute Gasteiger partial charge is 0.325 e. The highest BCUT2D eigenvalue weighted by Gasteiger charge is 2.45. The van der Waals surface area contributed by atoms with Gasteiger partial charge in [0.05, 0.1) is 11.5 Å². The first-order chi connectivity index (χ1) is 11.7. The van der Waals surface area contributed by atoms with E-state index < -0.39 is 26.8 Å². The van der Waals surface area contributed by atoms with Crippen molar-refractivity contribution in [2.45, 2.75) is 35.4 Å². The van der Waals surface area contributed by atoms with E-state index in [2.05, 4.69) is 22.3 Å². The number of sulfonamides is 1. The monoisotopic (exact) mass is 406 g/mol.